The first-order chi connectivity index (χ1) is 15.4. The molecule has 2 heterocycles. The molecule has 0 bridgehead atoms. The van der Waals surface area contributed by atoms with Crippen molar-refractivity contribution in [2.45, 2.75) is 31.6 Å². The van der Waals surface area contributed by atoms with Gasteiger partial charge in [-0.25, -0.2) is 8.42 Å². The number of anilines is 2. The van der Waals surface area contributed by atoms with Gasteiger partial charge in [-0.05, 0) is 42.3 Å². The van der Waals surface area contributed by atoms with E-state index in [0.29, 0.717) is 61.4 Å². The van der Waals surface area contributed by atoms with Crippen molar-refractivity contribution in [2.24, 2.45) is 0 Å². The molecule has 0 atom stereocenters. The van der Waals surface area contributed by atoms with E-state index in [1.54, 1.807) is 36.4 Å². The summed E-state index contributed by atoms with van der Waals surface area (Å²) in [6.07, 6.45) is 1.52. The Balaban J connectivity index is 1.44. The van der Waals surface area contributed by atoms with Gasteiger partial charge < -0.3 is 19.7 Å². The predicted octanol–water partition coefficient (Wildman–Crippen LogP) is 2.88. The van der Waals surface area contributed by atoms with Gasteiger partial charge in [0.2, 0.25) is 15.9 Å². The van der Waals surface area contributed by atoms with Crippen LogP contribution in [0.4, 0.5) is 11.4 Å². The number of hydrogen-bond acceptors (Lipinski definition) is 6. The summed E-state index contributed by atoms with van der Waals surface area (Å²) < 4.78 is 38.4. The normalized spacial score (nSPS) is 15.4. The smallest absolute Gasteiger partial charge is 0.243 e. The standard InChI is InChI=1S/C23H29N3O5S/c1-3-26(4-2)32(28,29)19-7-8-20-17(14-19)10-11-25(20)16-23(27)24-18-6-9-21-22(15-18)31-13-5-12-30-21/h6-9,14-15H,3-5,10-13,16H2,1-2H3,(H,24,27). The number of carbonyl (C=O) groups is 1. The highest BCUT2D eigenvalue weighted by Gasteiger charge is 2.26. The van der Waals surface area contributed by atoms with Crippen molar-refractivity contribution < 1.29 is 22.7 Å². The number of hydrogen-bond donors (Lipinski definition) is 1. The summed E-state index contributed by atoms with van der Waals surface area (Å²) in [6.45, 7) is 6.58. The SMILES string of the molecule is CCN(CC)S(=O)(=O)c1ccc2c(c1)CCN2CC(=O)Nc1ccc2c(c1)OCCCO2. The van der Waals surface area contributed by atoms with Gasteiger partial charge in [0, 0.05) is 43.5 Å². The number of sulfonamides is 1. The minimum absolute atomic E-state index is 0.146. The van der Waals surface area contributed by atoms with Crippen LogP contribution in [-0.2, 0) is 21.2 Å². The van der Waals surface area contributed by atoms with Crippen molar-refractivity contribution in [3.05, 3.63) is 42.0 Å². The van der Waals surface area contributed by atoms with Crippen molar-refractivity contribution in [3.8, 4) is 11.5 Å². The molecule has 4 rings (SSSR count). The van der Waals surface area contributed by atoms with Crippen LogP contribution in [0.1, 0.15) is 25.8 Å². The molecule has 8 nitrogen and oxygen atoms in total. The largest absolute Gasteiger partial charge is 0.490 e. The summed E-state index contributed by atoms with van der Waals surface area (Å²) in [7, 11) is -3.50. The number of ether oxygens (including phenoxy) is 2. The lowest BCUT2D eigenvalue weighted by Crippen LogP contribution is -2.32. The Hall–Kier alpha value is -2.78. The van der Waals surface area contributed by atoms with Crippen molar-refractivity contribution in [1.29, 1.82) is 0 Å². The number of carbonyl (C=O) groups excluding carboxylic acids is 1. The number of rotatable bonds is 7. The van der Waals surface area contributed by atoms with Crippen LogP contribution in [-0.4, -0.2) is 58.0 Å². The molecule has 0 aliphatic carbocycles. The molecule has 2 aromatic rings. The number of benzene rings is 2. The van der Waals surface area contributed by atoms with Gasteiger partial charge in [0.05, 0.1) is 24.7 Å². The average Bonchev–Trinajstić information content (AvgIpc) is 3.01. The Morgan fingerprint density at radius 3 is 2.56 bits per heavy atom. The molecule has 1 amide bonds. The average molecular weight is 460 g/mol. The molecule has 0 unspecified atom stereocenters. The summed E-state index contributed by atoms with van der Waals surface area (Å²) in [5, 5.41) is 2.92. The molecule has 0 saturated heterocycles. The third-order valence-corrected chi connectivity index (χ3v) is 7.80. The van der Waals surface area contributed by atoms with Crippen LogP contribution in [0.3, 0.4) is 0 Å². The quantitative estimate of drug-likeness (QED) is 0.685. The Kier molecular flexibility index (Phi) is 6.57. The van der Waals surface area contributed by atoms with Crippen LogP contribution < -0.4 is 19.7 Å². The van der Waals surface area contributed by atoms with Crippen molar-refractivity contribution in [1.82, 2.24) is 4.31 Å². The maximum atomic E-state index is 12.8. The summed E-state index contributed by atoms with van der Waals surface area (Å²) in [5.41, 5.74) is 2.50. The maximum Gasteiger partial charge on any atom is 0.243 e. The van der Waals surface area contributed by atoms with E-state index >= 15 is 0 Å². The molecule has 0 spiro atoms. The molecule has 172 valence electrons. The Labute approximate surface area is 189 Å². The molecule has 1 N–H and O–H groups in total. The fourth-order valence-corrected chi connectivity index (χ4v) is 5.61. The Morgan fingerprint density at radius 1 is 1.06 bits per heavy atom. The van der Waals surface area contributed by atoms with Crippen molar-refractivity contribution >= 4 is 27.3 Å². The second-order valence-electron chi connectivity index (χ2n) is 7.81. The van der Waals surface area contributed by atoms with E-state index in [-0.39, 0.29) is 12.5 Å². The second kappa shape index (κ2) is 9.38. The molecular formula is C23H29N3O5S. The van der Waals surface area contributed by atoms with Gasteiger partial charge in [0.1, 0.15) is 0 Å². The van der Waals surface area contributed by atoms with Crippen molar-refractivity contribution in [2.75, 3.05) is 49.6 Å². The lowest BCUT2D eigenvalue weighted by atomic mass is 10.2. The molecule has 0 aromatic heterocycles. The lowest BCUT2D eigenvalue weighted by molar-refractivity contribution is -0.115. The zero-order valence-corrected chi connectivity index (χ0v) is 19.3. The molecule has 0 saturated carbocycles. The topological polar surface area (TPSA) is 88.2 Å². The van der Waals surface area contributed by atoms with Gasteiger partial charge >= 0.3 is 0 Å². The van der Waals surface area contributed by atoms with Gasteiger partial charge in [-0.3, -0.25) is 4.79 Å². The van der Waals surface area contributed by atoms with Gasteiger partial charge in [-0.15, -0.1) is 0 Å². The highest BCUT2D eigenvalue weighted by Crippen LogP contribution is 2.33. The fraction of sp³-hybridized carbons (Fsp3) is 0.435. The number of nitrogens with one attached hydrogen (secondary N) is 1. The Morgan fingerprint density at radius 2 is 1.81 bits per heavy atom. The molecule has 32 heavy (non-hydrogen) atoms. The third-order valence-electron chi connectivity index (χ3n) is 5.75. The maximum absolute atomic E-state index is 12.8. The molecule has 2 aliphatic rings. The van der Waals surface area contributed by atoms with E-state index in [4.69, 9.17) is 9.47 Å². The van der Waals surface area contributed by atoms with E-state index in [0.717, 1.165) is 17.7 Å². The van der Waals surface area contributed by atoms with Crippen LogP contribution in [0.25, 0.3) is 0 Å². The van der Waals surface area contributed by atoms with Crippen LogP contribution in [0.2, 0.25) is 0 Å². The Bertz CT molecular complexity index is 1100. The van der Waals surface area contributed by atoms with Crippen LogP contribution >= 0.6 is 0 Å². The summed E-state index contributed by atoms with van der Waals surface area (Å²) in [5.74, 6) is 1.17. The lowest BCUT2D eigenvalue weighted by Gasteiger charge is -2.21. The van der Waals surface area contributed by atoms with E-state index in [9.17, 15) is 13.2 Å². The van der Waals surface area contributed by atoms with Crippen LogP contribution in [0, 0.1) is 0 Å². The highest BCUT2D eigenvalue weighted by molar-refractivity contribution is 7.89. The van der Waals surface area contributed by atoms with Crippen LogP contribution in [0.5, 0.6) is 11.5 Å². The number of nitrogens with zero attached hydrogens (tertiary/aromatic N) is 2. The monoisotopic (exact) mass is 459 g/mol. The molecule has 2 aliphatic heterocycles. The zero-order valence-electron chi connectivity index (χ0n) is 18.5. The third kappa shape index (κ3) is 4.54. The first-order valence-corrected chi connectivity index (χ1v) is 12.4. The molecule has 9 heteroatoms. The van der Waals surface area contributed by atoms with Crippen molar-refractivity contribution in [3.63, 3.8) is 0 Å². The van der Waals surface area contributed by atoms with Gasteiger partial charge in [0.25, 0.3) is 0 Å². The summed E-state index contributed by atoms with van der Waals surface area (Å²) in [6, 6.07) is 10.6. The minimum Gasteiger partial charge on any atom is -0.490 e. The zero-order chi connectivity index (χ0) is 22.7. The van der Waals surface area contributed by atoms with Gasteiger partial charge in [0.15, 0.2) is 11.5 Å². The second-order valence-corrected chi connectivity index (χ2v) is 9.75. The summed E-state index contributed by atoms with van der Waals surface area (Å²) in [4.78, 5) is 15.0. The van der Waals surface area contributed by atoms with E-state index in [1.165, 1.54) is 4.31 Å². The fourth-order valence-electron chi connectivity index (χ4n) is 4.10. The predicted molar refractivity (Wildman–Crippen MR) is 123 cm³/mol. The van der Waals surface area contributed by atoms with Gasteiger partial charge in [-0.2, -0.15) is 4.31 Å². The number of fused-ring (bicyclic) bond motifs is 2. The van der Waals surface area contributed by atoms with E-state index in [1.807, 2.05) is 18.7 Å². The van der Waals surface area contributed by atoms with Crippen LogP contribution in [0.15, 0.2) is 41.3 Å². The first-order valence-electron chi connectivity index (χ1n) is 11.0. The van der Waals surface area contributed by atoms with E-state index < -0.39 is 10.0 Å². The molecular weight excluding hydrogens is 430 g/mol. The molecule has 0 fully saturated rings. The first kappa shape index (κ1) is 22.4. The molecule has 2 aromatic carbocycles. The summed E-state index contributed by atoms with van der Waals surface area (Å²) >= 11 is 0. The number of amides is 1. The highest BCUT2D eigenvalue weighted by atomic mass is 32.2. The van der Waals surface area contributed by atoms with E-state index in [2.05, 4.69) is 5.32 Å². The van der Waals surface area contributed by atoms with Gasteiger partial charge in [-0.1, -0.05) is 13.8 Å². The molecule has 0 radical (unpaired) electrons. The minimum atomic E-state index is -3.50.